The number of anilines is 2. The van der Waals surface area contributed by atoms with E-state index >= 15 is 0 Å². The maximum absolute atomic E-state index is 12.4. The molecule has 0 saturated carbocycles. The van der Waals surface area contributed by atoms with Gasteiger partial charge in [-0.15, -0.1) is 11.3 Å². The smallest absolute Gasteiger partial charge is 0.230 e. The van der Waals surface area contributed by atoms with Gasteiger partial charge < -0.3 is 9.88 Å². The zero-order chi connectivity index (χ0) is 18.6. The van der Waals surface area contributed by atoms with Crippen molar-refractivity contribution in [2.75, 3.05) is 16.8 Å². The fourth-order valence-electron chi connectivity index (χ4n) is 3.06. The lowest BCUT2D eigenvalue weighted by Crippen LogP contribution is -2.23. The molecule has 27 heavy (non-hydrogen) atoms. The van der Waals surface area contributed by atoms with E-state index < -0.39 is 0 Å². The molecule has 1 aromatic carbocycles. The fraction of sp³-hybridized carbons (Fsp3) is 0.263. The molecule has 1 saturated heterocycles. The maximum Gasteiger partial charge on any atom is 0.230 e. The summed E-state index contributed by atoms with van der Waals surface area (Å²) >= 11 is 1.41. The lowest BCUT2D eigenvalue weighted by Gasteiger charge is -2.10. The van der Waals surface area contributed by atoms with Crippen LogP contribution in [0.15, 0.2) is 48.4 Å². The van der Waals surface area contributed by atoms with Crippen LogP contribution >= 0.6 is 11.3 Å². The molecule has 0 bridgehead atoms. The van der Waals surface area contributed by atoms with Gasteiger partial charge in [0.15, 0.2) is 5.13 Å². The number of nitrogens with zero attached hydrogens (tertiary/aromatic N) is 4. The number of nitrogens with one attached hydrogen (secondary N) is 1. The molecule has 7 nitrogen and oxygen atoms in total. The minimum absolute atomic E-state index is 0.107. The minimum atomic E-state index is -0.126. The van der Waals surface area contributed by atoms with E-state index in [0.717, 1.165) is 17.7 Å². The highest BCUT2D eigenvalue weighted by Crippen LogP contribution is 2.25. The predicted molar refractivity (Wildman–Crippen MR) is 104 cm³/mol. The first-order chi connectivity index (χ1) is 13.2. The molecule has 1 N–H and O–H groups in total. The summed E-state index contributed by atoms with van der Waals surface area (Å²) in [5.74, 6) is -0.0190. The highest BCUT2D eigenvalue weighted by Gasteiger charge is 2.24. The molecule has 0 unspecified atom stereocenters. The van der Waals surface area contributed by atoms with Crippen molar-refractivity contribution >= 4 is 34.0 Å². The van der Waals surface area contributed by atoms with Gasteiger partial charge in [-0.3, -0.25) is 14.5 Å². The molecule has 4 rings (SSSR count). The zero-order valence-electron chi connectivity index (χ0n) is 14.7. The first kappa shape index (κ1) is 17.4. The first-order valence-electron chi connectivity index (χ1n) is 8.77. The minimum Gasteiger partial charge on any atom is -0.333 e. The number of thiazole rings is 1. The van der Waals surface area contributed by atoms with Gasteiger partial charge in [0.05, 0.1) is 18.4 Å². The number of carbonyl (C=O) groups excluding carboxylic acids is 2. The van der Waals surface area contributed by atoms with Crippen molar-refractivity contribution in [1.82, 2.24) is 14.5 Å². The number of carbonyl (C=O) groups is 2. The van der Waals surface area contributed by atoms with Gasteiger partial charge in [0.2, 0.25) is 11.8 Å². The van der Waals surface area contributed by atoms with Gasteiger partial charge in [-0.1, -0.05) is 12.1 Å². The normalized spacial score (nSPS) is 13.9. The van der Waals surface area contributed by atoms with E-state index in [1.807, 2.05) is 40.4 Å². The summed E-state index contributed by atoms with van der Waals surface area (Å²) in [7, 11) is 0. The molecule has 0 spiro atoms. The second-order valence-electron chi connectivity index (χ2n) is 6.43. The van der Waals surface area contributed by atoms with Gasteiger partial charge in [-0.2, -0.15) is 0 Å². The average Bonchev–Trinajstić information content (AvgIpc) is 3.38. The zero-order valence-corrected chi connectivity index (χ0v) is 15.5. The van der Waals surface area contributed by atoms with Crippen LogP contribution < -0.4 is 10.2 Å². The number of rotatable bonds is 6. The Balaban J connectivity index is 1.37. The predicted octanol–water partition coefficient (Wildman–Crippen LogP) is 2.70. The van der Waals surface area contributed by atoms with Crippen LogP contribution in [0.2, 0.25) is 0 Å². The van der Waals surface area contributed by atoms with Gasteiger partial charge in [0, 0.05) is 43.0 Å². The third-order valence-electron chi connectivity index (χ3n) is 4.32. The lowest BCUT2D eigenvalue weighted by atomic mass is 10.2. The third kappa shape index (κ3) is 4.22. The van der Waals surface area contributed by atoms with Gasteiger partial charge in [-0.05, 0) is 24.1 Å². The average molecular weight is 381 g/mol. The van der Waals surface area contributed by atoms with Crippen LogP contribution in [0.25, 0.3) is 0 Å². The van der Waals surface area contributed by atoms with Crippen molar-refractivity contribution in [3.05, 3.63) is 59.6 Å². The van der Waals surface area contributed by atoms with E-state index in [0.29, 0.717) is 30.3 Å². The van der Waals surface area contributed by atoms with Crippen LogP contribution in [0.1, 0.15) is 24.1 Å². The summed E-state index contributed by atoms with van der Waals surface area (Å²) in [6.07, 6.45) is 7.02. The molecule has 2 aromatic heterocycles. The van der Waals surface area contributed by atoms with E-state index in [1.165, 1.54) is 11.3 Å². The van der Waals surface area contributed by atoms with Gasteiger partial charge in [0.1, 0.15) is 0 Å². The van der Waals surface area contributed by atoms with E-state index in [2.05, 4.69) is 15.3 Å². The van der Waals surface area contributed by atoms with Crippen molar-refractivity contribution in [1.29, 1.82) is 0 Å². The Kier molecular flexibility index (Phi) is 4.97. The molecular weight excluding hydrogens is 362 g/mol. The number of hydrogen-bond donors (Lipinski definition) is 1. The summed E-state index contributed by atoms with van der Waals surface area (Å²) in [6.45, 7) is 1.41. The fourth-order valence-corrected chi connectivity index (χ4v) is 3.93. The van der Waals surface area contributed by atoms with Crippen molar-refractivity contribution in [2.45, 2.75) is 25.8 Å². The topological polar surface area (TPSA) is 80.1 Å². The highest BCUT2D eigenvalue weighted by atomic mass is 32.1. The highest BCUT2D eigenvalue weighted by molar-refractivity contribution is 7.14. The van der Waals surface area contributed by atoms with Crippen molar-refractivity contribution in [2.24, 2.45) is 0 Å². The van der Waals surface area contributed by atoms with Gasteiger partial charge >= 0.3 is 0 Å². The molecule has 0 aliphatic carbocycles. The molecule has 1 aliphatic rings. The van der Waals surface area contributed by atoms with Crippen LogP contribution in [0.4, 0.5) is 10.8 Å². The number of hydrogen-bond acceptors (Lipinski definition) is 5. The molecule has 1 aliphatic heterocycles. The van der Waals surface area contributed by atoms with Crippen LogP contribution in [0.5, 0.6) is 0 Å². The molecule has 0 radical (unpaired) electrons. The van der Waals surface area contributed by atoms with Crippen LogP contribution in [0.3, 0.4) is 0 Å². The van der Waals surface area contributed by atoms with E-state index in [-0.39, 0.29) is 18.2 Å². The second-order valence-corrected chi connectivity index (χ2v) is 7.27. The number of aromatic nitrogens is 3. The largest absolute Gasteiger partial charge is 0.333 e. The van der Waals surface area contributed by atoms with Crippen molar-refractivity contribution in [3.63, 3.8) is 0 Å². The number of amides is 2. The van der Waals surface area contributed by atoms with Crippen LogP contribution in [-0.2, 0) is 22.6 Å². The van der Waals surface area contributed by atoms with Crippen LogP contribution in [0, 0.1) is 0 Å². The third-order valence-corrected chi connectivity index (χ3v) is 5.23. The summed E-state index contributed by atoms with van der Waals surface area (Å²) in [6, 6.07) is 7.75. The van der Waals surface area contributed by atoms with Crippen molar-refractivity contribution < 1.29 is 9.59 Å². The number of benzene rings is 1. The Morgan fingerprint density at radius 3 is 3.04 bits per heavy atom. The monoisotopic (exact) mass is 381 g/mol. The Bertz CT molecular complexity index is 951. The molecule has 138 valence electrons. The molecule has 2 amide bonds. The molecule has 0 atom stereocenters. The Labute approximate surface area is 160 Å². The maximum atomic E-state index is 12.4. The molecule has 3 heterocycles. The molecule has 1 fully saturated rings. The quantitative estimate of drug-likeness (QED) is 0.712. The van der Waals surface area contributed by atoms with Crippen LogP contribution in [-0.4, -0.2) is 32.9 Å². The Hall–Kier alpha value is -3.00. The lowest BCUT2D eigenvalue weighted by molar-refractivity contribution is -0.117. The summed E-state index contributed by atoms with van der Waals surface area (Å²) in [4.78, 5) is 34.3. The van der Waals surface area contributed by atoms with E-state index in [4.69, 9.17) is 0 Å². The number of imidazole rings is 1. The summed E-state index contributed by atoms with van der Waals surface area (Å²) < 4.78 is 1.97. The molecular formula is C19H19N5O2S. The Morgan fingerprint density at radius 2 is 2.26 bits per heavy atom. The standard InChI is InChI=1S/C19H19N5O2S/c25-17(10-16-12-27-19(22-16)24-7-2-5-18(24)26)21-15-4-1-3-14(9-15)11-23-8-6-20-13-23/h1,3-4,6,8-9,12-13H,2,5,7,10-11H2,(H,21,25). The second kappa shape index (κ2) is 7.71. The van der Waals surface area contributed by atoms with Gasteiger partial charge in [-0.25, -0.2) is 9.97 Å². The van der Waals surface area contributed by atoms with Crippen molar-refractivity contribution in [3.8, 4) is 0 Å². The van der Waals surface area contributed by atoms with Gasteiger partial charge in [0.25, 0.3) is 0 Å². The summed E-state index contributed by atoms with van der Waals surface area (Å²) in [5, 5.41) is 5.44. The molecule has 3 aromatic rings. The Morgan fingerprint density at radius 1 is 1.33 bits per heavy atom. The molecule has 8 heteroatoms. The van der Waals surface area contributed by atoms with E-state index in [1.54, 1.807) is 17.4 Å². The summed E-state index contributed by atoms with van der Waals surface area (Å²) in [5.41, 5.74) is 2.51. The van der Waals surface area contributed by atoms with E-state index in [9.17, 15) is 9.59 Å². The first-order valence-corrected chi connectivity index (χ1v) is 9.64. The SMILES string of the molecule is O=C(Cc1csc(N2CCCC2=O)n1)Nc1cccc(Cn2ccnc2)c1.